The lowest BCUT2D eigenvalue weighted by molar-refractivity contribution is -0.193. The highest BCUT2D eigenvalue weighted by molar-refractivity contribution is 5.98. The summed E-state index contributed by atoms with van der Waals surface area (Å²) in [5.41, 5.74) is 1.76. The van der Waals surface area contributed by atoms with Gasteiger partial charge in [0.2, 0.25) is 0 Å². The number of benzene rings is 1. The lowest BCUT2D eigenvalue weighted by Crippen LogP contribution is -2.62. The Morgan fingerprint density at radius 1 is 0.976 bits per heavy atom. The Morgan fingerprint density at radius 2 is 1.55 bits per heavy atom. The Kier molecular flexibility index (Phi) is 12.1. The molecule has 2 aromatic rings. The number of aliphatic carboxylic acids is 2. The van der Waals surface area contributed by atoms with Crippen LogP contribution in [-0.2, 0) is 14.3 Å². The van der Waals surface area contributed by atoms with Crippen molar-refractivity contribution in [1.29, 1.82) is 0 Å². The molecule has 1 amide bonds. The van der Waals surface area contributed by atoms with Crippen molar-refractivity contribution in [3.63, 3.8) is 0 Å². The van der Waals surface area contributed by atoms with Crippen molar-refractivity contribution in [2.24, 2.45) is 0 Å². The molecule has 1 aromatic heterocycles. The van der Waals surface area contributed by atoms with Crippen LogP contribution in [0.1, 0.15) is 23.2 Å². The minimum atomic E-state index is -5.08. The summed E-state index contributed by atoms with van der Waals surface area (Å²) in [6.45, 7) is 6.25. The molecule has 0 atom stereocenters. The van der Waals surface area contributed by atoms with Crippen molar-refractivity contribution in [3.8, 4) is 0 Å². The third-order valence-corrected chi connectivity index (χ3v) is 6.68. The fourth-order valence-electron chi connectivity index (χ4n) is 4.41. The number of likely N-dealkylation sites (tertiary alicyclic amines) is 1. The number of piperidine rings is 1. The van der Waals surface area contributed by atoms with Gasteiger partial charge in [0.25, 0.3) is 5.91 Å². The van der Waals surface area contributed by atoms with Gasteiger partial charge in [0.1, 0.15) is 0 Å². The van der Waals surface area contributed by atoms with Gasteiger partial charge in [-0.2, -0.15) is 26.3 Å². The second-order valence-corrected chi connectivity index (χ2v) is 9.88. The first kappa shape index (κ1) is 34.7. The number of carbonyl (C=O) groups is 3. The first-order valence-corrected chi connectivity index (χ1v) is 12.7. The molecule has 234 valence electrons. The number of aromatic nitrogens is 1. The second kappa shape index (κ2) is 14.6. The largest absolute Gasteiger partial charge is 0.490 e. The van der Waals surface area contributed by atoms with Gasteiger partial charge in [-0.3, -0.25) is 14.7 Å². The average molecular weight is 611 g/mol. The van der Waals surface area contributed by atoms with Gasteiger partial charge >= 0.3 is 24.3 Å². The molecule has 0 bridgehead atoms. The van der Waals surface area contributed by atoms with Gasteiger partial charge in [0.15, 0.2) is 0 Å². The number of morpholine rings is 1. The summed E-state index contributed by atoms with van der Waals surface area (Å²) < 4.78 is 69.3. The van der Waals surface area contributed by atoms with Crippen LogP contribution in [0.4, 0.5) is 26.3 Å². The van der Waals surface area contributed by atoms with E-state index in [2.05, 4.69) is 28.9 Å². The number of halogens is 6. The van der Waals surface area contributed by atoms with E-state index in [1.807, 2.05) is 35.2 Å². The van der Waals surface area contributed by atoms with E-state index in [4.69, 9.17) is 24.5 Å². The van der Waals surface area contributed by atoms with Crippen molar-refractivity contribution >= 4 is 28.7 Å². The van der Waals surface area contributed by atoms with E-state index in [0.29, 0.717) is 0 Å². The minimum absolute atomic E-state index is 0.0817. The maximum Gasteiger partial charge on any atom is 0.490 e. The van der Waals surface area contributed by atoms with Crippen LogP contribution in [0.5, 0.6) is 0 Å². The number of carbonyl (C=O) groups excluding carboxylic acids is 1. The molecule has 1 spiro atoms. The van der Waals surface area contributed by atoms with Gasteiger partial charge in [0, 0.05) is 55.4 Å². The number of pyridine rings is 1. The summed E-state index contributed by atoms with van der Waals surface area (Å²) in [6.07, 6.45) is -6.44. The maximum absolute atomic E-state index is 13.1. The molecule has 0 radical (unpaired) electrons. The highest BCUT2D eigenvalue weighted by Crippen LogP contribution is 2.32. The number of rotatable bonds is 4. The number of fused-ring (bicyclic) bond motifs is 1. The topological polar surface area (TPSA) is 124 Å². The van der Waals surface area contributed by atoms with Gasteiger partial charge in [-0.1, -0.05) is 6.07 Å². The zero-order valence-electron chi connectivity index (χ0n) is 22.9. The molecular weight excluding hydrogens is 578 g/mol. The molecule has 10 nitrogen and oxygen atoms in total. The third kappa shape index (κ3) is 10.1. The number of hydrogen-bond acceptors (Lipinski definition) is 7. The summed E-state index contributed by atoms with van der Waals surface area (Å²) in [5.74, 6) is -5.39. The Balaban J connectivity index is 0.000000367. The van der Waals surface area contributed by atoms with E-state index in [-0.39, 0.29) is 11.4 Å². The lowest BCUT2D eigenvalue weighted by Gasteiger charge is -2.51. The SMILES string of the molecule is CN(C)CCN1CCOCC12CCN(C(=O)c1ccc3ncccc3c1)CC2.O=C(O)C(F)(F)F.O=C(O)C(F)(F)F. The number of hydrogen-bond donors (Lipinski definition) is 2. The number of nitrogens with zero attached hydrogens (tertiary/aromatic N) is 4. The van der Waals surface area contributed by atoms with E-state index >= 15 is 0 Å². The molecule has 2 fully saturated rings. The molecule has 2 aliphatic heterocycles. The molecular formula is C26H32F6N4O6. The highest BCUT2D eigenvalue weighted by atomic mass is 19.4. The molecule has 0 unspecified atom stereocenters. The fourth-order valence-corrected chi connectivity index (χ4v) is 4.41. The van der Waals surface area contributed by atoms with Gasteiger partial charge in [-0.05, 0) is 51.2 Å². The van der Waals surface area contributed by atoms with Crippen molar-refractivity contribution in [2.45, 2.75) is 30.7 Å². The first-order valence-electron chi connectivity index (χ1n) is 12.7. The van der Waals surface area contributed by atoms with Crippen molar-refractivity contribution in [3.05, 3.63) is 42.1 Å². The first-order chi connectivity index (χ1) is 19.5. The average Bonchev–Trinajstić information content (AvgIpc) is 2.92. The Hall–Kier alpha value is -3.50. The van der Waals surface area contributed by atoms with E-state index in [9.17, 15) is 31.1 Å². The van der Waals surface area contributed by atoms with Gasteiger partial charge < -0.3 is 24.7 Å². The number of ether oxygens (including phenoxy) is 1. The predicted octanol–water partition coefficient (Wildman–Crippen LogP) is 3.37. The maximum atomic E-state index is 13.1. The van der Waals surface area contributed by atoms with Crippen LogP contribution < -0.4 is 0 Å². The molecule has 4 rings (SSSR count). The van der Waals surface area contributed by atoms with Gasteiger partial charge in [-0.15, -0.1) is 0 Å². The summed E-state index contributed by atoms with van der Waals surface area (Å²) in [4.78, 5) is 42.0. The van der Waals surface area contributed by atoms with Gasteiger partial charge in [0.05, 0.1) is 18.7 Å². The Labute approximate surface area is 237 Å². The van der Waals surface area contributed by atoms with E-state index in [1.165, 1.54) is 0 Å². The normalized spacial score (nSPS) is 17.2. The fraction of sp³-hybridized carbons (Fsp3) is 0.538. The van der Waals surface area contributed by atoms with E-state index < -0.39 is 24.3 Å². The monoisotopic (exact) mass is 610 g/mol. The second-order valence-electron chi connectivity index (χ2n) is 9.88. The zero-order chi connectivity index (χ0) is 31.7. The molecule has 2 aliphatic rings. The van der Waals surface area contributed by atoms with E-state index in [0.717, 1.165) is 75.2 Å². The molecule has 3 heterocycles. The van der Waals surface area contributed by atoms with Crippen LogP contribution in [0.2, 0.25) is 0 Å². The smallest absolute Gasteiger partial charge is 0.475 e. The summed E-state index contributed by atoms with van der Waals surface area (Å²) in [5, 5.41) is 15.3. The quantitative estimate of drug-likeness (QED) is 0.502. The Morgan fingerprint density at radius 3 is 2.07 bits per heavy atom. The molecule has 2 saturated heterocycles. The number of alkyl halides is 6. The molecule has 16 heteroatoms. The van der Waals surface area contributed by atoms with Crippen LogP contribution in [0, 0.1) is 0 Å². The molecule has 42 heavy (non-hydrogen) atoms. The minimum Gasteiger partial charge on any atom is -0.475 e. The number of carboxylic acid groups (broad SMARTS) is 2. The lowest BCUT2D eigenvalue weighted by atomic mass is 9.85. The molecule has 1 aromatic carbocycles. The number of carboxylic acids is 2. The summed E-state index contributed by atoms with van der Waals surface area (Å²) in [7, 11) is 4.24. The standard InChI is InChI=1S/C22H30N4O2.2C2HF3O2/c1-24(2)12-13-26-14-15-28-17-22(26)7-10-25(11-8-22)21(27)19-5-6-20-18(16-19)4-3-9-23-20;2*3-2(4,5)1(6)7/h3-6,9,16H,7-8,10-15,17H2,1-2H3;2*(H,6,7). The van der Waals surface area contributed by atoms with Crippen LogP contribution in [-0.4, -0.2) is 126 Å². The number of amides is 1. The zero-order valence-corrected chi connectivity index (χ0v) is 22.9. The summed E-state index contributed by atoms with van der Waals surface area (Å²) in [6, 6.07) is 9.71. The van der Waals surface area contributed by atoms with Crippen molar-refractivity contribution in [1.82, 2.24) is 19.7 Å². The molecule has 0 aliphatic carbocycles. The summed E-state index contributed by atoms with van der Waals surface area (Å²) >= 11 is 0. The van der Waals surface area contributed by atoms with Crippen molar-refractivity contribution < 1.29 is 55.7 Å². The van der Waals surface area contributed by atoms with Crippen LogP contribution in [0.25, 0.3) is 10.9 Å². The van der Waals surface area contributed by atoms with Crippen LogP contribution >= 0.6 is 0 Å². The number of likely N-dealkylation sites (N-methyl/N-ethyl adjacent to an activating group) is 1. The molecule has 0 saturated carbocycles. The van der Waals surface area contributed by atoms with Crippen molar-refractivity contribution in [2.75, 3.05) is 60.0 Å². The van der Waals surface area contributed by atoms with Crippen LogP contribution in [0.3, 0.4) is 0 Å². The highest BCUT2D eigenvalue weighted by Gasteiger charge is 2.43. The van der Waals surface area contributed by atoms with Gasteiger partial charge in [-0.25, -0.2) is 9.59 Å². The predicted molar refractivity (Wildman–Crippen MR) is 138 cm³/mol. The van der Waals surface area contributed by atoms with E-state index in [1.54, 1.807) is 6.20 Å². The van der Waals surface area contributed by atoms with Crippen LogP contribution in [0.15, 0.2) is 36.5 Å². The Bertz CT molecular complexity index is 1190. The third-order valence-electron chi connectivity index (χ3n) is 6.68. The molecule has 2 N–H and O–H groups in total.